The minimum atomic E-state index is -3.80. The topological polar surface area (TPSA) is 29.1 Å². The number of halogens is 3. The van der Waals surface area contributed by atoms with Gasteiger partial charge in [-0.05, 0) is 44.2 Å². The lowest BCUT2D eigenvalue weighted by Gasteiger charge is -2.26. The van der Waals surface area contributed by atoms with Gasteiger partial charge < -0.3 is 5.32 Å². The lowest BCUT2D eigenvalue weighted by atomic mass is 9.99. The molecule has 5 heteroatoms. The van der Waals surface area contributed by atoms with Crippen LogP contribution >= 0.6 is 11.6 Å². The summed E-state index contributed by atoms with van der Waals surface area (Å²) in [6.45, 7) is 3.45. The Morgan fingerprint density at radius 2 is 1.92 bits per heavy atom. The number of alkyl halides is 3. The van der Waals surface area contributed by atoms with Crippen molar-refractivity contribution in [3.05, 3.63) is 0 Å². The summed E-state index contributed by atoms with van der Waals surface area (Å²) >= 11 is 4.57. The first-order valence-electron chi connectivity index (χ1n) is 4.13. The highest BCUT2D eigenvalue weighted by atomic mass is 35.5. The monoisotopic (exact) mass is 211 g/mol. The van der Waals surface area contributed by atoms with E-state index < -0.39 is 16.8 Å². The molecule has 0 aromatic heterocycles. The van der Waals surface area contributed by atoms with Crippen molar-refractivity contribution in [2.75, 3.05) is 0 Å². The summed E-state index contributed by atoms with van der Waals surface area (Å²) in [5, 5.41) is -1.56. The van der Waals surface area contributed by atoms with E-state index in [1.165, 1.54) is 0 Å². The molecule has 0 saturated heterocycles. The van der Waals surface area contributed by atoms with E-state index in [4.69, 9.17) is 0 Å². The predicted octanol–water partition coefficient (Wildman–Crippen LogP) is 2.12. The molecule has 0 heterocycles. The Morgan fingerprint density at radius 3 is 2.23 bits per heavy atom. The van der Waals surface area contributed by atoms with Crippen LogP contribution in [0.3, 0.4) is 0 Å². The molecule has 0 atom stereocenters. The fourth-order valence-corrected chi connectivity index (χ4v) is 1.32. The third-order valence-electron chi connectivity index (χ3n) is 2.29. The third-order valence-corrected chi connectivity index (χ3v) is 2.46. The molecule has 0 spiro atoms. The lowest BCUT2D eigenvalue weighted by molar-refractivity contribution is -0.137. The Morgan fingerprint density at radius 1 is 1.46 bits per heavy atom. The first-order valence-corrected chi connectivity index (χ1v) is 4.50. The van der Waals surface area contributed by atoms with Crippen molar-refractivity contribution in [2.45, 2.75) is 37.6 Å². The molecule has 1 fully saturated rings. The van der Waals surface area contributed by atoms with Crippen molar-refractivity contribution in [3.63, 3.8) is 0 Å². The molecule has 0 bridgehead atoms. The number of hydrogen-bond acceptors (Lipinski definition) is 1. The molecule has 0 aromatic rings. The van der Waals surface area contributed by atoms with Gasteiger partial charge >= 0.3 is 11.3 Å². The van der Waals surface area contributed by atoms with Crippen LogP contribution in [0.5, 0.6) is 0 Å². The standard InChI is InChI=1S/C8H12ClF2NO/c1-7(2,5-3-4-5)12-6(13)8(9,10)11/h5H,3-4H2,1-2H3,(H,12,13). The zero-order chi connectivity index (χ0) is 10.3. The van der Waals surface area contributed by atoms with Gasteiger partial charge in [0.15, 0.2) is 0 Å². The molecular formula is C8H12ClF2NO. The molecule has 1 rings (SSSR count). The maximum absolute atomic E-state index is 12.3. The summed E-state index contributed by atoms with van der Waals surface area (Å²) < 4.78 is 24.6. The maximum atomic E-state index is 12.3. The van der Waals surface area contributed by atoms with Crippen molar-refractivity contribution >= 4 is 17.5 Å². The molecule has 0 unspecified atom stereocenters. The van der Waals surface area contributed by atoms with Gasteiger partial charge in [0, 0.05) is 5.54 Å². The largest absolute Gasteiger partial charge is 0.399 e. The van der Waals surface area contributed by atoms with Gasteiger partial charge in [0.1, 0.15) is 0 Å². The summed E-state index contributed by atoms with van der Waals surface area (Å²) in [5.74, 6) is -1.11. The number of rotatable bonds is 3. The average molecular weight is 212 g/mol. The smallest absolute Gasteiger partial charge is 0.345 e. The second-order valence-electron chi connectivity index (χ2n) is 3.95. The first kappa shape index (κ1) is 10.7. The molecule has 0 radical (unpaired) electrons. The highest BCUT2D eigenvalue weighted by Crippen LogP contribution is 2.39. The first-order chi connectivity index (χ1) is 5.73. The zero-order valence-electron chi connectivity index (χ0n) is 7.53. The SMILES string of the molecule is CC(C)(NC(=O)C(F)(F)Cl)C1CC1. The Kier molecular flexibility index (Phi) is 2.54. The van der Waals surface area contributed by atoms with Gasteiger partial charge in [0.05, 0.1) is 0 Å². The molecule has 1 N–H and O–H groups in total. The summed E-state index contributed by atoms with van der Waals surface area (Å²) in [6, 6.07) is 0. The number of carbonyl (C=O) groups is 1. The second-order valence-corrected chi connectivity index (χ2v) is 4.42. The minimum absolute atomic E-state index is 0.301. The molecule has 2 nitrogen and oxygen atoms in total. The second kappa shape index (κ2) is 3.08. The average Bonchev–Trinajstić information content (AvgIpc) is 2.62. The Balaban J connectivity index is 2.52. The van der Waals surface area contributed by atoms with Crippen LogP contribution in [0.1, 0.15) is 26.7 Å². The number of nitrogens with one attached hydrogen (secondary N) is 1. The van der Waals surface area contributed by atoms with Crippen molar-refractivity contribution in [1.82, 2.24) is 5.32 Å². The van der Waals surface area contributed by atoms with E-state index in [9.17, 15) is 13.6 Å². The Bertz CT molecular complexity index is 221. The zero-order valence-corrected chi connectivity index (χ0v) is 8.29. The number of carbonyl (C=O) groups excluding carboxylic acids is 1. The van der Waals surface area contributed by atoms with Crippen LogP contribution in [0.15, 0.2) is 0 Å². The fraction of sp³-hybridized carbons (Fsp3) is 0.875. The highest BCUT2D eigenvalue weighted by molar-refractivity contribution is 6.32. The third kappa shape index (κ3) is 2.79. The van der Waals surface area contributed by atoms with Gasteiger partial charge in [0.2, 0.25) is 0 Å². The predicted molar refractivity (Wildman–Crippen MR) is 45.7 cm³/mol. The lowest BCUT2D eigenvalue weighted by Crippen LogP contribution is -2.50. The van der Waals surface area contributed by atoms with Crippen LogP contribution in [0.2, 0.25) is 0 Å². The van der Waals surface area contributed by atoms with Gasteiger partial charge in [-0.2, -0.15) is 8.78 Å². The molecule has 76 valence electrons. The molecule has 13 heavy (non-hydrogen) atoms. The van der Waals surface area contributed by atoms with Crippen molar-refractivity contribution in [2.24, 2.45) is 5.92 Å². The van der Waals surface area contributed by atoms with E-state index in [2.05, 4.69) is 16.9 Å². The molecule has 1 aliphatic carbocycles. The highest BCUT2D eigenvalue weighted by Gasteiger charge is 2.44. The quantitative estimate of drug-likeness (QED) is 0.712. The molecule has 1 aliphatic rings. The molecule has 0 aromatic carbocycles. The normalized spacial score (nSPS) is 18.5. The molecule has 1 amide bonds. The van der Waals surface area contributed by atoms with Crippen molar-refractivity contribution < 1.29 is 13.6 Å². The Labute approximate surface area is 80.6 Å². The van der Waals surface area contributed by atoms with Crippen molar-refractivity contribution in [1.29, 1.82) is 0 Å². The van der Waals surface area contributed by atoms with E-state index in [1.54, 1.807) is 13.8 Å². The van der Waals surface area contributed by atoms with E-state index in [0.29, 0.717) is 5.92 Å². The van der Waals surface area contributed by atoms with Crippen molar-refractivity contribution in [3.8, 4) is 0 Å². The van der Waals surface area contributed by atoms with E-state index >= 15 is 0 Å². The van der Waals surface area contributed by atoms with Crippen LogP contribution in [0.25, 0.3) is 0 Å². The number of hydrogen-bond donors (Lipinski definition) is 1. The van der Waals surface area contributed by atoms with E-state index in [-0.39, 0.29) is 0 Å². The molecule has 0 aliphatic heterocycles. The van der Waals surface area contributed by atoms with Gasteiger partial charge in [-0.15, -0.1) is 0 Å². The van der Waals surface area contributed by atoms with Gasteiger partial charge in [-0.3, -0.25) is 4.79 Å². The Hall–Kier alpha value is -0.380. The summed E-state index contributed by atoms with van der Waals surface area (Å²) in [5.41, 5.74) is -0.574. The van der Waals surface area contributed by atoms with Crippen LogP contribution in [0.4, 0.5) is 8.78 Å². The fourth-order valence-electron chi connectivity index (χ4n) is 1.27. The summed E-state index contributed by atoms with van der Waals surface area (Å²) in [7, 11) is 0. The number of amides is 1. The summed E-state index contributed by atoms with van der Waals surface area (Å²) in [6.07, 6.45) is 1.95. The van der Waals surface area contributed by atoms with Gasteiger partial charge in [-0.25, -0.2) is 0 Å². The van der Waals surface area contributed by atoms with Crippen LogP contribution in [0, 0.1) is 5.92 Å². The maximum Gasteiger partial charge on any atom is 0.399 e. The van der Waals surface area contributed by atoms with Crippen LogP contribution in [-0.4, -0.2) is 16.8 Å². The molecule has 1 saturated carbocycles. The minimum Gasteiger partial charge on any atom is -0.345 e. The summed E-state index contributed by atoms with van der Waals surface area (Å²) in [4.78, 5) is 10.8. The molecular weight excluding hydrogens is 200 g/mol. The van der Waals surface area contributed by atoms with Gasteiger partial charge in [0.25, 0.3) is 0 Å². The van der Waals surface area contributed by atoms with E-state index in [0.717, 1.165) is 12.8 Å². The van der Waals surface area contributed by atoms with Gasteiger partial charge in [-0.1, -0.05) is 0 Å². The van der Waals surface area contributed by atoms with Crippen LogP contribution in [-0.2, 0) is 4.79 Å². The van der Waals surface area contributed by atoms with Crippen LogP contribution < -0.4 is 5.32 Å². The van der Waals surface area contributed by atoms with E-state index in [1.807, 2.05) is 0 Å².